The molecule has 0 aromatic heterocycles. The molecule has 0 saturated carbocycles. The molecule has 2 unspecified atom stereocenters. The van der Waals surface area contributed by atoms with Crippen LogP contribution in [0.15, 0.2) is 0 Å². The van der Waals surface area contributed by atoms with Gasteiger partial charge in [0.1, 0.15) is 0 Å². The zero-order valence-corrected chi connectivity index (χ0v) is 59.8. The fourth-order valence-electron chi connectivity index (χ4n) is 13.5. The SMILES string of the molecule is CCCCCCCCCCCCCCCCCCCCCCC(O)C(CO)NC(=O)CCCCCCCCCCCCCCCCCCCCCCCCCCCCCCCCCCCOC(=O)CCCCCCCCCCCCCCCCCCC. The molecule has 2 atom stereocenters. The van der Waals surface area contributed by atoms with Crippen molar-refractivity contribution in [2.24, 2.45) is 0 Å². The van der Waals surface area contributed by atoms with Crippen molar-refractivity contribution >= 4 is 11.9 Å². The third-order valence-corrected chi connectivity index (χ3v) is 19.7. The van der Waals surface area contributed by atoms with Gasteiger partial charge in [0.2, 0.25) is 5.91 Å². The first-order valence-corrected chi connectivity index (χ1v) is 40.8. The lowest BCUT2D eigenvalue weighted by Crippen LogP contribution is -2.45. The highest BCUT2D eigenvalue weighted by Crippen LogP contribution is 2.21. The van der Waals surface area contributed by atoms with Crippen LogP contribution < -0.4 is 5.32 Å². The van der Waals surface area contributed by atoms with Crippen molar-refractivity contribution in [3.63, 3.8) is 0 Å². The van der Waals surface area contributed by atoms with Gasteiger partial charge >= 0.3 is 5.97 Å². The maximum atomic E-state index is 12.6. The van der Waals surface area contributed by atoms with E-state index >= 15 is 0 Å². The quantitative estimate of drug-likeness (QED) is 0.0417. The number of rotatable bonds is 78. The van der Waals surface area contributed by atoms with Crippen LogP contribution in [0, 0.1) is 0 Å². The van der Waals surface area contributed by atoms with Gasteiger partial charge in [0.05, 0.1) is 25.4 Å². The predicted octanol–water partition coefficient (Wildman–Crippen LogP) is 26.9. The molecule has 0 aromatic rings. The summed E-state index contributed by atoms with van der Waals surface area (Å²) in [6.07, 6.45) is 96.4. The van der Waals surface area contributed by atoms with E-state index in [-0.39, 0.29) is 18.5 Å². The lowest BCUT2D eigenvalue weighted by molar-refractivity contribution is -0.143. The predicted molar refractivity (Wildman–Crippen MR) is 384 cm³/mol. The molecule has 0 heterocycles. The van der Waals surface area contributed by atoms with Gasteiger partial charge in [0, 0.05) is 12.8 Å². The fraction of sp³-hybridized carbons (Fsp3) is 0.975. The average Bonchev–Trinajstić information content (AvgIpc) is 3.58. The first kappa shape index (κ1) is 85.9. The number of aliphatic hydroxyl groups excluding tert-OH is 2. The molecule has 0 bridgehead atoms. The Hall–Kier alpha value is -1.14. The summed E-state index contributed by atoms with van der Waals surface area (Å²) in [4.78, 5) is 24.7. The molecule has 520 valence electrons. The van der Waals surface area contributed by atoms with Crippen LogP contribution in [0.25, 0.3) is 0 Å². The van der Waals surface area contributed by atoms with Crippen LogP contribution in [0.4, 0.5) is 0 Å². The lowest BCUT2D eigenvalue weighted by atomic mass is 10.0. The average molecular weight is 1230 g/mol. The van der Waals surface area contributed by atoms with Gasteiger partial charge in [-0.05, 0) is 25.7 Å². The van der Waals surface area contributed by atoms with Crippen LogP contribution in [-0.4, -0.2) is 47.4 Å². The maximum absolute atomic E-state index is 12.6. The van der Waals surface area contributed by atoms with Crippen molar-refractivity contribution in [2.45, 2.75) is 495 Å². The number of hydrogen-bond acceptors (Lipinski definition) is 5. The molecule has 0 aliphatic heterocycles. The van der Waals surface area contributed by atoms with Gasteiger partial charge in [-0.3, -0.25) is 9.59 Å². The molecular weight excluding hydrogens is 1070 g/mol. The highest BCUT2D eigenvalue weighted by atomic mass is 16.5. The minimum Gasteiger partial charge on any atom is -0.466 e. The number of unbranched alkanes of at least 4 members (excludes halogenated alkanes) is 67. The molecule has 0 fully saturated rings. The summed E-state index contributed by atoms with van der Waals surface area (Å²) in [7, 11) is 0. The van der Waals surface area contributed by atoms with E-state index < -0.39 is 12.1 Å². The van der Waals surface area contributed by atoms with Crippen LogP contribution in [0.5, 0.6) is 0 Å². The third-order valence-electron chi connectivity index (χ3n) is 19.7. The van der Waals surface area contributed by atoms with Gasteiger partial charge in [-0.15, -0.1) is 0 Å². The first-order chi connectivity index (χ1) is 43.0. The minimum absolute atomic E-state index is 0.0242. The van der Waals surface area contributed by atoms with Crippen LogP contribution in [0.2, 0.25) is 0 Å². The summed E-state index contributed by atoms with van der Waals surface area (Å²) in [6, 6.07) is -0.538. The molecule has 87 heavy (non-hydrogen) atoms. The smallest absolute Gasteiger partial charge is 0.305 e. The standard InChI is InChI=1S/C81H161NO5/c1-3-5-7-9-11-13-15-17-19-21-22-38-42-45-49-53-57-61-65-69-73-79(84)78(77-83)82-80(85)74-70-66-62-58-54-50-46-43-39-36-34-32-30-28-26-24-23-25-27-29-31-33-35-37-40-44-48-52-56-60-64-68-72-76-87-81(86)75-71-67-63-59-55-51-47-41-20-18-16-14-12-10-8-6-4-2/h78-79,83-84H,3-77H2,1-2H3,(H,82,85). The number of aliphatic hydroxyl groups is 2. The minimum atomic E-state index is -0.661. The molecule has 0 aliphatic rings. The zero-order chi connectivity index (χ0) is 62.8. The fourth-order valence-corrected chi connectivity index (χ4v) is 13.5. The van der Waals surface area contributed by atoms with Gasteiger partial charge in [-0.2, -0.15) is 0 Å². The van der Waals surface area contributed by atoms with E-state index in [1.54, 1.807) is 0 Å². The Bertz CT molecular complexity index is 1280. The molecule has 1 amide bonds. The summed E-state index contributed by atoms with van der Waals surface area (Å²) in [5.41, 5.74) is 0. The topological polar surface area (TPSA) is 95.9 Å². The van der Waals surface area contributed by atoms with Gasteiger partial charge < -0.3 is 20.3 Å². The number of esters is 1. The molecule has 0 rings (SSSR count). The maximum Gasteiger partial charge on any atom is 0.305 e. The number of carbonyl (C=O) groups excluding carboxylic acids is 2. The second kappa shape index (κ2) is 77.3. The van der Waals surface area contributed by atoms with Crippen LogP contribution in [0.1, 0.15) is 483 Å². The normalized spacial score (nSPS) is 12.4. The third kappa shape index (κ3) is 73.8. The second-order valence-corrected chi connectivity index (χ2v) is 28.5. The Morgan fingerprint density at radius 1 is 0.276 bits per heavy atom. The molecule has 0 aromatic carbocycles. The van der Waals surface area contributed by atoms with Crippen molar-refractivity contribution in [3.8, 4) is 0 Å². The van der Waals surface area contributed by atoms with Crippen molar-refractivity contribution in [2.75, 3.05) is 13.2 Å². The molecule has 0 saturated heterocycles. The summed E-state index contributed by atoms with van der Waals surface area (Å²) in [6.45, 7) is 5.02. The van der Waals surface area contributed by atoms with Gasteiger partial charge in [-0.25, -0.2) is 0 Å². The van der Waals surface area contributed by atoms with Gasteiger partial charge in [0.25, 0.3) is 0 Å². The molecule has 0 spiro atoms. The van der Waals surface area contributed by atoms with E-state index in [2.05, 4.69) is 19.2 Å². The van der Waals surface area contributed by atoms with E-state index in [1.165, 1.54) is 411 Å². The summed E-state index contributed by atoms with van der Waals surface area (Å²) in [5.74, 6) is 0.00313. The molecular formula is C81H161NO5. The Morgan fingerprint density at radius 2 is 0.471 bits per heavy atom. The Balaban J connectivity index is 3.30. The number of hydrogen-bond donors (Lipinski definition) is 3. The van der Waals surface area contributed by atoms with Crippen LogP contribution >= 0.6 is 0 Å². The number of ether oxygens (including phenoxy) is 1. The highest BCUT2D eigenvalue weighted by Gasteiger charge is 2.20. The zero-order valence-electron chi connectivity index (χ0n) is 59.8. The van der Waals surface area contributed by atoms with Crippen molar-refractivity contribution in [1.29, 1.82) is 0 Å². The summed E-state index contributed by atoms with van der Waals surface area (Å²) >= 11 is 0. The monoisotopic (exact) mass is 1230 g/mol. The van der Waals surface area contributed by atoms with E-state index in [1.807, 2.05) is 0 Å². The number of amides is 1. The molecule has 6 heteroatoms. The Labute approximate surface area is 547 Å². The second-order valence-electron chi connectivity index (χ2n) is 28.5. The van der Waals surface area contributed by atoms with E-state index in [0.717, 1.165) is 38.5 Å². The van der Waals surface area contributed by atoms with Crippen molar-refractivity contribution in [3.05, 3.63) is 0 Å². The van der Waals surface area contributed by atoms with E-state index in [0.29, 0.717) is 25.9 Å². The van der Waals surface area contributed by atoms with Crippen molar-refractivity contribution < 1.29 is 24.5 Å². The molecule has 0 aliphatic carbocycles. The summed E-state index contributed by atoms with van der Waals surface area (Å²) < 4.78 is 5.52. The van der Waals surface area contributed by atoms with Crippen molar-refractivity contribution in [1.82, 2.24) is 5.32 Å². The van der Waals surface area contributed by atoms with E-state index in [9.17, 15) is 19.8 Å². The van der Waals surface area contributed by atoms with E-state index in [4.69, 9.17) is 4.74 Å². The summed E-state index contributed by atoms with van der Waals surface area (Å²) in [5, 5.41) is 23.5. The molecule has 0 radical (unpaired) electrons. The lowest BCUT2D eigenvalue weighted by Gasteiger charge is -2.22. The highest BCUT2D eigenvalue weighted by molar-refractivity contribution is 5.76. The number of carbonyl (C=O) groups is 2. The number of nitrogens with one attached hydrogen (secondary N) is 1. The first-order valence-electron chi connectivity index (χ1n) is 40.8. The van der Waals surface area contributed by atoms with Gasteiger partial charge in [0.15, 0.2) is 0 Å². The Morgan fingerprint density at radius 3 is 0.701 bits per heavy atom. The molecule has 3 N–H and O–H groups in total. The van der Waals surface area contributed by atoms with Crippen LogP contribution in [-0.2, 0) is 14.3 Å². The Kier molecular flexibility index (Phi) is 76.3. The van der Waals surface area contributed by atoms with Gasteiger partial charge in [-0.1, -0.05) is 444 Å². The largest absolute Gasteiger partial charge is 0.466 e. The molecule has 6 nitrogen and oxygen atoms in total. The van der Waals surface area contributed by atoms with Crippen LogP contribution in [0.3, 0.4) is 0 Å².